The number of hydrogen-bond acceptors (Lipinski definition) is 2. The summed E-state index contributed by atoms with van der Waals surface area (Å²) >= 11 is 6.00. The van der Waals surface area contributed by atoms with E-state index >= 15 is 0 Å². The van der Waals surface area contributed by atoms with Crippen molar-refractivity contribution >= 4 is 11.6 Å². The molecule has 2 nitrogen and oxygen atoms in total. The van der Waals surface area contributed by atoms with E-state index < -0.39 is 0 Å². The van der Waals surface area contributed by atoms with Gasteiger partial charge in [-0.3, -0.25) is 0 Å². The zero-order chi connectivity index (χ0) is 13.2. The van der Waals surface area contributed by atoms with Crippen molar-refractivity contribution in [2.45, 2.75) is 18.9 Å². The molecule has 2 aromatic carbocycles. The number of benzene rings is 2. The second kappa shape index (κ2) is 5.24. The van der Waals surface area contributed by atoms with Gasteiger partial charge in [0.15, 0.2) is 0 Å². The summed E-state index contributed by atoms with van der Waals surface area (Å²) in [5, 5.41) is 0.682. The molecule has 1 unspecified atom stereocenters. The number of fused-ring (bicyclic) bond motifs is 1. The van der Waals surface area contributed by atoms with Crippen molar-refractivity contribution in [3.05, 3.63) is 64.2 Å². The van der Waals surface area contributed by atoms with Gasteiger partial charge in [-0.25, -0.2) is 0 Å². The lowest BCUT2D eigenvalue weighted by atomic mass is 9.78. The van der Waals surface area contributed by atoms with Crippen LogP contribution in [-0.2, 0) is 13.0 Å². The summed E-state index contributed by atoms with van der Waals surface area (Å²) in [5.41, 5.74) is 9.54. The molecule has 0 saturated carbocycles. The SMILES string of the molecule is NCc1ccc(Cl)cc1OCC1Cc2ccccc21. The highest BCUT2D eigenvalue weighted by molar-refractivity contribution is 6.30. The third kappa shape index (κ3) is 2.46. The Bertz CT molecular complexity index is 597. The van der Waals surface area contributed by atoms with Gasteiger partial charge >= 0.3 is 0 Å². The van der Waals surface area contributed by atoms with Gasteiger partial charge in [-0.15, -0.1) is 0 Å². The smallest absolute Gasteiger partial charge is 0.125 e. The fourth-order valence-electron chi connectivity index (χ4n) is 2.53. The monoisotopic (exact) mass is 273 g/mol. The van der Waals surface area contributed by atoms with Gasteiger partial charge in [-0.05, 0) is 29.7 Å². The van der Waals surface area contributed by atoms with Crippen LogP contribution < -0.4 is 10.5 Å². The second-order valence-corrected chi connectivity index (χ2v) is 5.30. The highest BCUT2D eigenvalue weighted by Gasteiger charge is 2.26. The lowest BCUT2D eigenvalue weighted by molar-refractivity contribution is 0.273. The maximum absolute atomic E-state index is 6.00. The molecule has 0 aliphatic heterocycles. The third-order valence-corrected chi connectivity index (χ3v) is 3.89. The predicted molar refractivity (Wildman–Crippen MR) is 77.7 cm³/mol. The zero-order valence-electron chi connectivity index (χ0n) is 10.6. The minimum atomic E-state index is 0.466. The minimum Gasteiger partial charge on any atom is -0.493 e. The average Bonchev–Trinajstić information content (AvgIpc) is 2.40. The largest absolute Gasteiger partial charge is 0.493 e. The van der Waals surface area contributed by atoms with E-state index in [-0.39, 0.29) is 0 Å². The Balaban J connectivity index is 1.70. The number of nitrogens with two attached hydrogens (primary N) is 1. The van der Waals surface area contributed by atoms with Crippen LogP contribution in [0, 0.1) is 0 Å². The summed E-state index contributed by atoms with van der Waals surface area (Å²) in [6.07, 6.45) is 1.09. The van der Waals surface area contributed by atoms with Gasteiger partial charge in [0.05, 0.1) is 6.61 Å². The van der Waals surface area contributed by atoms with E-state index in [1.165, 1.54) is 11.1 Å². The van der Waals surface area contributed by atoms with Crippen LogP contribution in [0.5, 0.6) is 5.75 Å². The zero-order valence-corrected chi connectivity index (χ0v) is 11.4. The summed E-state index contributed by atoms with van der Waals surface area (Å²) in [6, 6.07) is 14.1. The first-order valence-corrected chi connectivity index (χ1v) is 6.85. The normalized spacial score (nSPS) is 16.6. The van der Waals surface area contributed by atoms with Crippen molar-refractivity contribution in [2.24, 2.45) is 5.73 Å². The van der Waals surface area contributed by atoms with Gasteiger partial charge in [0, 0.05) is 23.0 Å². The Hall–Kier alpha value is -1.51. The van der Waals surface area contributed by atoms with Crippen LogP contribution in [-0.4, -0.2) is 6.61 Å². The second-order valence-electron chi connectivity index (χ2n) is 4.87. The van der Waals surface area contributed by atoms with E-state index in [2.05, 4.69) is 24.3 Å². The lowest BCUT2D eigenvalue weighted by Crippen LogP contribution is -2.23. The van der Waals surface area contributed by atoms with E-state index in [0.717, 1.165) is 17.7 Å². The molecule has 0 heterocycles. The molecule has 0 amide bonds. The number of rotatable bonds is 4. The van der Waals surface area contributed by atoms with Gasteiger partial charge < -0.3 is 10.5 Å². The molecule has 3 heteroatoms. The molecule has 3 rings (SSSR count). The number of ether oxygens (including phenoxy) is 1. The predicted octanol–water partition coefficient (Wildman–Crippen LogP) is 3.52. The molecular weight excluding hydrogens is 258 g/mol. The van der Waals surface area contributed by atoms with E-state index in [1.54, 1.807) is 0 Å². The summed E-state index contributed by atoms with van der Waals surface area (Å²) in [5.74, 6) is 1.29. The molecule has 0 spiro atoms. The number of hydrogen-bond donors (Lipinski definition) is 1. The maximum atomic E-state index is 6.00. The molecule has 19 heavy (non-hydrogen) atoms. The molecule has 1 aliphatic rings. The van der Waals surface area contributed by atoms with Crippen LogP contribution in [0.25, 0.3) is 0 Å². The van der Waals surface area contributed by atoms with Crippen molar-refractivity contribution in [1.29, 1.82) is 0 Å². The average molecular weight is 274 g/mol. The summed E-state index contributed by atoms with van der Waals surface area (Å²) in [7, 11) is 0. The van der Waals surface area contributed by atoms with Crippen LogP contribution >= 0.6 is 11.6 Å². The quantitative estimate of drug-likeness (QED) is 0.925. The molecule has 0 saturated heterocycles. The van der Waals surface area contributed by atoms with Crippen LogP contribution in [0.15, 0.2) is 42.5 Å². The summed E-state index contributed by atoms with van der Waals surface area (Å²) < 4.78 is 5.91. The maximum Gasteiger partial charge on any atom is 0.125 e. The number of halogens is 1. The standard InChI is InChI=1S/C16H16ClNO/c17-14-6-5-12(9-18)16(8-14)19-10-13-7-11-3-1-2-4-15(11)13/h1-6,8,13H,7,9-10,18H2. The Morgan fingerprint density at radius 3 is 2.84 bits per heavy atom. The minimum absolute atomic E-state index is 0.466. The molecule has 98 valence electrons. The third-order valence-electron chi connectivity index (χ3n) is 3.65. The summed E-state index contributed by atoms with van der Waals surface area (Å²) in [4.78, 5) is 0. The molecule has 0 bridgehead atoms. The van der Waals surface area contributed by atoms with Crippen LogP contribution in [0.1, 0.15) is 22.6 Å². The molecule has 1 aliphatic carbocycles. The molecule has 0 radical (unpaired) electrons. The molecule has 1 atom stereocenters. The van der Waals surface area contributed by atoms with Crippen molar-refractivity contribution in [1.82, 2.24) is 0 Å². The Morgan fingerprint density at radius 1 is 1.21 bits per heavy atom. The van der Waals surface area contributed by atoms with Crippen LogP contribution in [0.4, 0.5) is 0 Å². The Labute approximate surface area is 118 Å². The molecule has 0 fully saturated rings. The fourth-order valence-corrected chi connectivity index (χ4v) is 2.70. The van der Waals surface area contributed by atoms with Crippen molar-refractivity contribution in [3.63, 3.8) is 0 Å². The van der Waals surface area contributed by atoms with E-state index in [1.807, 2.05) is 18.2 Å². The lowest BCUT2D eigenvalue weighted by Gasteiger charge is -2.30. The Kier molecular flexibility index (Phi) is 3.45. The highest BCUT2D eigenvalue weighted by Crippen LogP contribution is 2.35. The van der Waals surface area contributed by atoms with Gasteiger partial charge in [0.25, 0.3) is 0 Å². The first-order valence-electron chi connectivity index (χ1n) is 6.47. The van der Waals surface area contributed by atoms with E-state index in [9.17, 15) is 0 Å². The summed E-state index contributed by atoms with van der Waals surface area (Å²) in [6.45, 7) is 1.15. The van der Waals surface area contributed by atoms with Gasteiger partial charge in [-0.2, -0.15) is 0 Å². The van der Waals surface area contributed by atoms with Crippen LogP contribution in [0.2, 0.25) is 5.02 Å². The van der Waals surface area contributed by atoms with Crippen molar-refractivity contribution in [3.8, 4) is 5.75 Å². The first kappa shape index (κ1) is 12.5. The molecule has 0 aromatic heterocycles. The molecule has 2 aromatic rings. The van der Waals surface area contributed by atoms with E-state index in [4.69, 9.17) is 22.1 Å². The van der Waals surface area contributed by atoms with Crippen molar-refractivity contribution < 1.29 is 4.74 Å². The topological polar surface area (TPSA) is 35.2 Å². The van der Waals surface area contributed by atoms with Gasteiger partial charge in [0.2, 0.25) is 0 Å². The van der Waals surface area contributed by atoms with Crippen LogP contribution in [0.3, 0.4) is 0 Å². The fraction of sp³-hybridized carbons (Fsp3) is 0.250. The highest BCUT2D eigenvalue weighted by atomic mass is 35.5. The molecular formula is C16H16ClNO. The van der Waals surface area contributed by atoms with E-state index in [0.29, 0.717) is 24.1 Å². The van der Waals surface area contributed by atoms with Gasteiger partial charge in [0.1, 0.15) is 5.75 Å². The van der Waals surface area contributed by atoms with Crippen molar-refractivity contribution in [2.75, 3.05) is 6.61 Å². The molecule has 2 N–H and O–H groups in total. The Morgan fingerprint density at radius 2 is 2.05 bits per heavy atom. The first-order chi connectivity index (χ1) is 9.28. The van der Waals surface area contributed by atoms with Gasteiger partial charge in [-0.1, -0.05) is 41.9 Å².